The van der Waals surface area contributed by atoms with Crippen LogP contribution in [-0.2, 0) is 5.41 Å². The molecule has 4 nitrogen and oxygen atoms in total. The van der Waals surface area contributed by atoms with E-state index in [1.807, 2.05) is 20.8 Å². The molecule has 0 bridgehead atoms. The van der Waals surface area contributed by atoms with Gasteiger partial charge in [-0.2, -0.15) is 0 Å². The number of nitrogen functional groups attached to an aromatic ring is 1. The number of carbonyl (C=O) groups is 1. The van der Waals surface area contributed by atoms with Gasteiger partial charge in [0.1, 0.15) is 0 Å². The first kappa shape index (κ1) is 10.5. The first-order valence-corrected chi connectivity index (χ1v) is 4.31. The van der Waals surface area contributed by atoms with Gasteiger partial charge in [-0.3, -0.25) is 4.98 Å². The Kier molecular flexibility index (Phi) is 2.47. The van der Waals surface area contributed by atoms with E-state index in [-0.39, 0.29) is 11.0 Å². The number of rotatable bonds is 1. The zero-order valence-electron chi connectivity index (χ0n) is 8.53. The number of pyridine rings is 1. The Morgan fingerprint density at radius 3 is 2.43 bits per heavy atom. The Balaban J connectivity index is 3.21. The molecule has 1 aromatic rings. The van der Waals surface area contributed by atoms with Crippen LogP contribution >= 0.6 is 0 Å². The first-order chi connectivity index (χ1) is 6.32. The van der Waals surface area contributed by atoms with Gasteiger partial charge in [0.05, 0.1) is 16.9 Å². The van der Waals surface area contributed by atoms with Crippen LogP contribution in [0.1, 0.15) is 36.8 Å². The molecule has 0 spiro atoms. The van der Waals surface area contributed by atoms with Crippen molar-refractivity contribution in [3.05, 3.63) is 23.5 Å². The third kappa shape index (κ3) is 2.02. The van der Waals surface area contributed by atoms with Gasteiger partial charge in [-0.1, -0.05) is 20.8 Å². The topological polar surface area (TPSA) is 76.2 Å². The van der Waals surface area contributed by atoms with Crippen molar-refractivity contribution in [1.29, 1.82) is 0 Å². The molecule has 0 aliphatic carbocycles. The average Bonchev–Trinajstić information content (AvgIpc) is 2.01. The van der Waals surface area contributed by atoms with Gasteiger partial charge in [0.25, 0.3) is 0 Å². The fourth-order valence-corrected chi connectivity index (χ4v) is 1.23. The van der Waals surface area contributed by atoms with Crippen LogP contribution in [0.2, 0.25) is 0 Å². The van der Waals surface area contributed by atoms with E-state index in [1.54, 1.807) is 0 Å². The maximum atomic E-state index is 10.6. The molecule has 0 amide bonds. The molecule has 0 aliphatic rings. The molecule has 0 fully saturated rings. The predicted molar refractivity (Wildman–Crippen MR) is 54.3 cm³/mol. The molecular formula is C10H14N2O2. The third-order valence-corrected chi connectivity index (χ3v) is 1.87. The van der Waals surface area contributed by atoms with Gasteiger partial charge >= 0.3 is 5.97 Å². The lowest BCUT2D eigenvalue weighted by molar-refractivity contribution is 0.0696. The van der Waals surface area contributed by atoms with Crippen LogP contribution in [0, 0.1) is 0 Å². The van der Waals surface area contributed by atoms with Crippen molar-refractivity contribution in [3.63, 3.8) is 0 Å². The van der Waals surface area contributed by atoms with Gasteiger partial charge in [0.2, 0.25) is 0 Å². The highest BCUT2D eigenvalue weighted by atomic mass is 16.4. The Labute approximate surface area is 82.8 Å². The molecule has 0 atom stereocenters. The normalized spacial score (nSPS) is 11.4. The summed E-state index contributed by atoms with van der Waals surface area (Å²) in [4.78, 5) is 14.7. The predicted octanol–water partition coefficient (Wildman–Crippen LogP) is 1.66. The second kappa shape index (κ2) is 3.29. The fraction of sp³-hybridized carbons (Fsp3) is 0.400. The van der Waals surface area contributed by atoms with Crippen molar-refractivity contribution in [2.24, 2.45) is 0 Å². The summed E-state index contributed by atoms with van der Waals surface area (Å²) in [6.07, 6.45) is 1.33. The van der Waals surface area contributed by atoms with E-state index in [4.69, 9.17) is 10.8 Å². The monoisotopic (exact) mass is 194 g/mol. The summed E-state index contributed by atoms with van der Waals surface area (Å²) in [5, 5.41) is 8.71. The third-order valence-electron chi connectivity index (χ3n) is 1.87. The number of hydrogen-bond donors (Lipinski definition) is 2. The number of carboxylic acid groups (broad SMARTS) is 1. The number of anilines is 1. The van der Waals surface area contributed by atoms with Crippen LogP contribution in [0.4, 0.5) is 5.69 Å². The largest absolute Gasteiger partial charge is 0.478 e. The van der Waals surface area contributed by atoms with Crippen LogP contribution in [-0.4, -0.2) is 16.1 Å². The second-order valence-electron chi connectivity index (χ2n) is 4.22. The number of aromatic carboxylic acids is 1. The van der Waals surface area contributed by atoms with Crippen LogP contribution < -0.4 is 5.73 Å². The highest BCUT2D eigenvalue weighted by Gasteiger charge is 2.19. The van der Waals surface area contributed by atoms with E-state index in [9.17, 15) is 4.79 Å². The Bertz CT molecular complexity index is 367. The Morgan fingerprint density at radius 1 is 1.50 bits per heavy atom. The van der Waals surface area contributed by atoms with Gasteiger partial charge in [-0.25, -0.2) is 4.79 Å². The molecule has 0 saturated heterocycles. The van der Waals surface area contributed by atoms with Crippen molar-refractivity contribution in [2.45, 2.75) is 26.2 Å². The number of nitrogens with two attached hydrogens (primary N) is 1. The quantitative estimate of drug-likeness (QED) is 0.712. The second-order valence-corrected chi connectivity index (χ2v) is 4.22. The zero-order valence-corrected chi connectivity index (χ0v) is 8.53. The molecule has 4 heteroatoms. The number of hydrogen-bond acceptors (Lipinski definition) is 3. The summed E-state index contributed by atoms with van der Waals surface area (Å²) in [7, 11) is 0. The Morgan fingerprint density at radius 2 is 2.07 bits per heavy atom. The van der Waals surface area contributed by atoms with Crippen LogP contribution in [0.5, 0.6) is 0 Å². The van der Waals surface area contributed by atoms with Crippen LogP contribution in [0.25, 0.3) is 0 Å². The molecule has 1 heterocycles. The molecular weight excluding hydrogens is 180 g/mol. The van der Waals surface area contributed by atoms with Gasteiger partial charge < -0.3 is 10.8 Å². The lowest BCUT2D eigenvalue weighted by Gasteiger charge is -2.19. The van der Waals surface area contributed by atoms with E-state index in [0.29, 0.717) is 5.69 Å². The lowest BCUT2D eigenvalue weighted by Crippen LogP contribution is -2.17. The average molecular weight is 194 g/mol. The van der Waals surface area contributed by atoms with Gasteiger partial charge in [-0.05, 0) is 6.07 Å². The minimum absolute atomic E-state index is 0.121. The van der Waals surface area contributed by atoms with Crippen LogP contribution in [0.15, 0.2) is 12.3 Å². The molecule has 0 radical (unpaired) electrons. The van der Waals surface area contributed by atoms with Gasteiger partial charge in [0.15, 0.2) is 0 Å². The smallest absolute Gasteiger partial charge is 0.337 e. The highest BCUT2D eigenvalue weighted by molar-refractivity contribution is 5.88. The Hall–Kier alpha value is -1.58. The summed E-state index contributed by atoms with van der Waals surface area (Å²) in [6.45, 7) is 5.93. The van der Waals surface area contributed by atoms with Crippen LogP contribution in [0.3, 0.4) is 0 Å². The minimum atomic E-state index is -1.01. The standard InChI is InChI=1S/C10H14N2O2/c1-10(2,3)8-7(11)4-6(5-12-8)9(13)14/h4-5H,11H2,1-3H3,(H,13,14). The molecule has 14 heavy (non-hydrogen) atoms. The SMILES string of the molecule is CC(C)(C)c1ncc(C(=O)O)cc1N. The zero-order chi connectivity index (χ0) is 10.9. The van der Waals surface area contributed by atoms with Crippen molar-refractivity contribution in [3.8, 4) is 0 Å². The lowest BCUT2D eigenvalue weighted by atomic mass is 9.90. The highest BCUT2D eigenvalue weighted by Crippen LogP contribution is 2.25. The molecule has 76 valence electrons. The van der Waals surface area contributed by atoms with E-state index >= 15 is 0 Å². The molecule has 0 unspecified atom stereocenters. The first-order valence-electron chi connectivity index (χ1n) is 4.31. The summed E-state index contributed by atoms with van der Waals surface area (Å²) in [5.74, 6) is -1.01. The summed E-state index contributed by atoms with van der Waals surface area (Å²) >= 11 is 0. The number of nitrogens with zero attached hydrogens (tertiary/aromatic N) is 1. The maximum absolute atomic E-state index is 10.6. The van der Waals surface area contributed by atoms with Gasteiger partial charge in [0, 0.05) is 11.6 Å². The van der Waals surface area contributed by atoms with E-state index in [0.717, 1.165) is 5.69 Å². The van der Waals surface area contributed by atoms with Crippen molar-refractivity contribution in [2.75, 3.05) is 5.73 Å². The fourth-order valence-electron chi connectivity index (χ4n) is 1.23. The summed E-state index contributed by atoms with van der Waals surface area (Å²) in [6, 6.07) is 1.44. The summed E-state index contributed by atoms with van der Waals surface area (Å²) in [5.41, 5.74) is 6.83. The van der Waals surface area contributed by atoms with Crippen molar-refractivity contribution in [1.82, 2.24) is 4.98 Å². The van der Waals surface area contributed by atoms with Crippen molar-refractivity contribution < 1.29 is 9.90 Å². The minimum Gasteiger partial charge on any atom is -0.478 e. The van der Waals surface area contributed by atoms with Crippen molar-refractivity contribution >= 4 is 11.7 Å². The molecule has 3 N–H and O–H groups in total. The molecule has 1 aromatic heterocycles. The molecule has 0 saturated carbocycles. The van der Waals surface area contributed by atoms with E-state index < -0.39 is 5.97 Å². The van der Waals surface area contributed by atoms with Gasteiger partial charge in [-0.15, -0.1) is 0 Å². The summed E-state index contributed by atoms with van der Waals surface area (Å²) < 4.78 is 0. The molecule has 1 rings (SSSR count). The maximum Gasteiger partial charge on any atom is 0.337 e. The van der Waals surface area contributed by atoms with E-state index in [1.165, 1.54) is 12.3 Å². The molecule has 0 aliphatic heterocycles. The number of carboxylic acids is 1. The number of aromatic nitrogens is 1. The van der Waals surface area contributed by atoms with E-state index in [2.05, 4.69) is 4.98 Å². The molecule has 0 aromatic carbocycles.